The van der Waals surface area contributed by atoms with Crippen LogP contribution < -0.4 is 0 Å². The van der Waals surface area contributed by atoms with Gasteiger partial charge in [-0.2, -0.15) is 5.26 Å². The van der Waals surface area contributed by atoms with E-state index >= 15 is 0 Å². The highest BCUT2D eigenvalue weighted by Crippen LogP contribution is 2.24. The smallest absolute Gasteiger partial charge is 0.0998 e. The first-order valence-corrected chi connectivity index (χ1v) is 5.43. The van der Waals surface area contributed by atoms with E-state index in [-0.39, 0.29) is 0 Å². The normalized spacial score (nSPS) is 9.75. The molecule has 0 atom stereocenters. The number of nitriles is 1. The Bertz CT molecular complexity index is 521. The van der Waals surface area contributed by atoms with Gasteiger partial charge >= 0.3 is 0 Å². The number of hydrogen-bond donors (Lipinski definition) is 0. The third kappa shape index (κ3) is 1.97. The zero-order valence-electron chi connectivity index (χ0n) is 9.27. The van der Waals surface area contributed by atoms with Crippen LogP contribution in [0.3, 0.4) is 0 Å². The first-order valence-electron chi connectivity index (χ1n) is 5.43. The highest BCUT2D eigenvalue weighted by atomic mass is 14.2. The molecular formula is C15H13N. The Balaban J connectivity index is 2.54. The fourth-order valence-corrected chi connectivity index (χ4v) is 1.77. The maximum Gasteiger partial charge on any atom is 0.0998 e. The van der Waals surface area contributed by atoms with Crippen molar-refractivity contribution >= 4 is 0 Å². The SMILES string of the molecule is CCc1ccc(-c2ccccc2)c(C#N)c1. The molecule has 0 bridgehead atoms. The van der Waals surface area contributed by atoms with Crippen molar-refractivity contribution in [1.82, 2.24) is 0 Å². The topological polar surface area (TPSA) is 23.8 Å². The first-order chi connectivity index (χ1) is 7.85. The van der Waals surface area contributed by atoms with E-state index in [1.807, 2.05) is 42.5 Å². The molecule has 0 aliphatic carbocycles. The Morgan fingerprint density at radius 3 is 2.44 bits per heavy atom. The van der Waals surface area contributed by atoms with Crippen LogP contribution in [0.1, 0.15) is 18.1 Å². The van der Waals surface area contributed by atoms with E-state index in [4.69, 9.17) is 5.26 Å². The van der Waals surface area contributed by atoms with Crippen molar-refractivity contribution in [2.75, 3.05) is 0 Å². The van der Waals surface area contributed by atoms with Crippen molar-refractivity contribution < 1.29 is 0 Å². The second kappa shape index (κ2) is 4.63. The maximum atomic E-state index is 9.15. The number of benzene rings is 2. The molecule has 16 heavy (non-hydrogen) atoms. The number of hydrogen-bond acceptors (Lipinski definition) is 1. The predicted molar refractivity (Wildman–Crippen MR) is 66.0 cm³/mol. The second-order valence-corrected chi connectivity index (χ2v) is 3.71. The zero-order valence-corrected chi connectivity index (χ0v) is 9.27. The van der Waals surface area contributed by atoms with Crippen molar-refractivity contribution in [3.63, 3.8) is 0 Å². The molecule has 0 amide bonds. The third-order valence-electron chi connectivity index (χ3n) is 2.70. The second-order valence-electron chi connectivity index (χ2n) is 3.71. The molecule has 0 radical (unpaired) electrons. The van der Waals surface area contributed by atoms with E-state index in [0.717, 1.165) is 23.1 Å². The standard InChI is InChI=1S/C15H13N/c1-2-12-8-9-15(14(10-12)11-16)13-6-4-3-5-7-13/h3-10H,2H2,1H3. The van der Waals surface area contributed by atoms with E-state index in [2.05, 4.69) is 19.1 Å². The van der Waals surface area contributed by atoms with Gasteiger partial charge < -0.3 is 0 Å². The molecule has 0 aliphatic heterocycles. The molecule has 0 aliphatic rings. The summed E-state index contributed by atoms with van der Waals surface area (Å²) in [6, 6.07) is 18.4. The average Bonchev–Trinajstić information content (AvgIpc) is 2.39. The summed E-state index contributed by atoms with van der Waals surface area (Å²) in [5.41, 5.74) is 4.07. The highest BCUT2D eigenvalue weighted by Gasteiger charge is 2.04. The van der Waals surface area contributed by atoms with Crippen molar-refractivity contribution in [3.05, 3.63) is 59.7 Å². The van der Waals surface area contributed by atoms with Gasteiger partial charge in [0.15, 0.2) is 0 Å². The van der Waals surface area contributed by atoms with Crippen molar-refractivity contribution in [1.29, 1.82) is 5.26 Å². The fraction of sp³-hybridized carbons (Fsp3) is 0.133. The van der Waals surface area contributed by atoms with E-state index in [1.54, 1.807) is 0 Å². The number of aryl methyl sites for hydroxylation is 1. The monoisotopic (exact) mass is 207 g/mol. The summed E-state index contributed by atoms with van der Waals surface area (Å²) in [5, 5.41) is 9.15. The molecule has 0 spiro atoms. The Morgan fingerprint density at radius 2 is 1.81 bits per heavy atom. The lowest BCUT2D eigenvalue weighted by molar-refractivity contribution is 1.14. The van der Waals surface area contributed by atoms with Crippen LogP contribution in [0.25, 0.3) is 11.1 Å². The van der Waals surface area contributed by atoms with Crippen LogP contribution in [0, 0.1) is 11.3 Å². The van der Waals surface area contributed by atoms with Crippen molar-refractivity contribution in [2.24, 2.45) is 0 Å². The van der Waals surface area contributed by atoms with Crippen LogP contribution >= 0.6 is 0 Å². The minimum Gasteiger partial charge on any atom is -0.192 e. The van der Waals surface area contributed by atoms with Gasteiger partial charge in [0, 0.05) is 0 Å². The van der Waals surface area contributed by atoms with E-state index in [9.17, 15) is 0 Å². The largest absolute Gasteiger partial charge is 0.192 e. The molecule has 1 nitrogen and oxygen atoms in total. The van der Waals surface area contributed by atoms with Gasteiger partial charge in [0.05, 0.1) is 11.6 Å². The molecular weight excluding hydrogens is 194 g/mol. The van der Waals surface area contributed by atoms with E-state index in [0.29, 0.717) is 0 Å². The Morgan fingerprint density at radius 1 is 1.06 bits per heavy atom. The molecule has 0 aromatic heterocycles. The van der Waals surface area contributed by atoms with Gasteiger partial charge in [0.25, 0.3) is 0 Å². The first kappa shape index (κ1) is 10.4. The highest BCUT2D eigenvalue weighted by molar-refractivity contribution is 5.70. The molecule has 0 saturated heterocycles. The summed E-state index contributed by atoms with van der Waals surface area (Å²) in [7, 11) is 0. The summed E-state index contributed by atoms with van der Waals surface area (Å²) >= 11 is 0. The lowest BCUT2D eigenvalue weighted by Crippen LogP contribution is -1.87. The van der Waals surface area contributed by atoms with Crippen LogP contribution in [-0.4, -0.2) is 0 Å². The fourth-order valence-electron chi connectivity index (χ4n) is 1.77. The molecule has 2 aromatic carbocycles. The predicted octanol–water partition coefficient (Wildman–Crippen LogP) is 3.79. The van der Waals surface area contributed by atoms with Crippen LogP contribution in [0.15, 0.2) is 48.5 Å². The lowest BCUT2D eigenvalue weighted by Gasteiger charge is -2.05. The van der Waals surface area contributed by atoms with Crippen LogP contribution in [0.2, 0.25) is 0 Å². The summed E-state index contributed by atoms with van der Waals surface area (Å²) in [4.78, 5) is 0. The molecule has 2 aromatic rings. The minimum absolute atomic E-state index is 0.755. The summed E-state index contributed by atoms with van der Waals surface area (Å²) in [5.74, 6) is 0. The van der Waals surface area contributed by atoms with Gasteiger partial charge in [-0.3, -0.25) is 0 Å². The Kier molecular flexibility index (Phi) is 3.03. The molecule has 0 N–H and O–H groups in total. The van der Waals surface area contributed by atoms with Gasteiger partial charge in [-0.25, -0.2) is 0 Å². The van der Waals surface area contributed by atoms with Gasteiger partial charge in [0.1, 0.15) is 0 Å². The molecule has 1 heteroatoms. The summed E-state index contributed by atoms with van der Waals surface area (Å²) in [6.45, 7) is 2.10. The van der Waals surface area contributed by atoms with Crippen molar-refractivity contribution in [2.45, 2.75) is 13.3 Å². The summed E-state index contributed by atoms with van der Waals surface area (Å²) in [6.07, 6.45) is 0.962. The van der Waals surface area contributed by atoms with Gasteiger partial charge in [-0.15, -0.1) is 0 Å². The Labute approximate surface area is 96.0 Å². The maximum absolute atomic E-state index is 9.15. The average molecular weight is 207 g/mol. The van der Waals surface area contributed by atoms with Gasteiger partial charge in [-0.05, 0) is 29.2 Å². The molecule has 2 rings (SSSR count). The van der Waals surface area contributed by atoms with Crippen molar-refractivity contribution in [3.8, 4) is 17.2 Å². The van der Waals surface area contributed by atoms with Crippen LogP contribution in [-0.2, 0) is 6.42 Å². The molecule has 78 valence electrons. The van der Waals surface area contributed by atoms with E-state index in [1.165, 1.54) is 5.56 Å². The molecule has 0 fully saturated rings. The zero-order chi connectivity index (χ0) is 11.4. The third-order valence-corrected chi connectivity index (χ3v) is 2.70. The quantitative estimate of drug-likeness (QED) is 0.735. The lowest BCUT2D eigenvalue weighted by atomic mass is 9.97. The van der Waals surface area contributed by atoms with Gasteiger partial charge in [0.2, 0.25) is 0 Å². The number of rotatable bonds is 2. The van der Waals surface area contributed by atoms with Crippen LogP contribution in [0.5, 0.6) is 0 Å². The molecule has 0 heterocycles. The molecule has 0 saturated carbocycles. The Hall–Kier alpha value is -2.07. The number of nitrogens with zero attached hydrogens (tertiary/aromatic N) is 1. The van der Waals surface area contributed by atoms with Gasteiger partial charge in [-0.1, -0.05) is 49.4 Å². The van der Waals surface area contributed by atoms with Crippen LogP contribution in [0.4, 0.5) is 0 Å². The summed E-state index contributed by atoms with van der Waals surface area (Å²) < 4.78 is 0. The van der Waals surface area contributed by atoms with E-state index < -0.39 is 0 Å². The molecule has 0 unspecified atom stereocenters. The minimum atomic E-state index is 0.755.